The molecule has 0 aliphatic carbocycles. The zero-order valence-electron chi connectivity index (χ0n) is 13.6. The van der Waals surface area contributed by atoms with Crippen molar-refractivity contribution in [1.82, 2.24) is 10.6 Å². The predicted molar refractivity (Wildman–Crippen MR) is 92.6 cm³/mol. The molecule has 1 heterocycles. The number of amides is 3. The topological polar surface area (TPSA) is 114 Å². The lowest BCUT2D eigenvalue weighted by molar-refractivity contribution is -0.150. The highest BCUT2D eigenvalue weighted by Crippen LogP contribution is 2.19. The van der Waals surface area contributed by atoms with E-state index in [4.69, 9.17) is 4.74 Å². The number of carbonyl (C=O) groups is 4. The lowest BCUT2D eigenvalue weighted by Gasteiger charge is -2.11. The first-order valence-electron chi connectivity index (χ1n) is 7.64. The number of carbonyl (C=O) groups excluding carboxylic acids is 4. The molecule has 0 bridgehead atoms. The second-order valence-corrected chi connectivity index (χ2v) is 6.47. The quantitative estimate of drug-likeness (QED) is 0.594. The third kappa shape index (κ3) is 5.86. The first-order valence-corrected chi connectivity index (χ1v) is 8.43. The summed E-state index contributed by atoms with van der Waals surface area (Å²) in [6, 6.07) is 4.69. The number of ether oxygens (including phenoxy) is 1. The maximum atomic E-state index is 11.8. The summed E-state index contributed by atoms with van der Waals surface area (Å²) in [6.45, 7) is 1.10. The number of benzene rings is 1. The van der Waals surface area contributed by atoms with Gasteiger partial charge >= 0.3 is 5.97 Å². The SMILES string of the molecule is Cc1cc(Br)ccc1NC(=O)CNC(=O)COC(=O)[C@H]1CCC(=O)N1. The van der Waals surface area contributed by atoms with Crippen LogP contribution < -0.4 is 16.0 Å². The summed E-state index contributed by atoms with van der Waals surface area (Å²) in [5.74, 6) is -1.87. The minimum atomic E-state index is -0.705. The number of halogens is 1. The Kier molecular flexibility index (Phi) is 6.51. The zero-order chi connectivity index (χ0) is 18.4. The Balaban J connectivity index is 1.69. The Morgan fingerprint density at radius 2 is 2.08 bits per heavy atom. The average molecular weight is 412 g/mol. The van der Waals surface area contributed by atoms with E-state index in [0.29, 0.717) is 12.1 Å². The van der Waals surface area contributed by atoms with Crippen molar-refractivity contribution in [2.45, 2.75) is 25.8 Å². The van der Waals surface area contributed by atoms with Crippen molar-refractivity contribution in [3.05, 3.63) is 28.2 Å². The lowest BCUT2D eigenvalue weighted by Crippen LogP contribution is -2.39. The van der Waals surface area contributed by atoms with Crippen molar-refractivity contribution in [3.8, 4) is 0 Å². The molecule has 134 valence electrons. The fraction of sp³-hybridized carbons (Fsp3) is 0.375. The Hall–Kier alpha value is -2.42. The van der Waals surface area contributed by atoms with Gasteiger partial charge in [-0.25, -0.2) is 4.79 Å². The van der Waals surface area contributed by atoms with Gasteiger partial charge in [-0.15, -0.1) is 0 Å². The highest BCUT2D eigenvalue weighted by atomic mass is 79.9. The molecule has 8 nitrogen and oxygen atoms in total. The molecule has 1 aromatic carbocycles. The number of esters is 1. The van der Waals surface area contributed by atoms with Crippen molar-refractivity contribution in [2.75, 3.05) is 18.5 Å². The van der Waals surface area contributed by atoms with Gasteiger partial charge in [-0.3, -0.25) is 14.4 Å². The molecule has 3 amide bonds. The maximum absolute atomic E-state index is 11.8. The molecular formula is C16H18BrN3O5. The molecule has 1 aromatic rings. The van der Waals surface area contributed by atoms with Gasteiger partial charge in [0.25, 0.3) is 5.91 Å². The van der Waals surface area contributed by atoms with Crippen LogP contribution in [0.4, 0.5) is 5.69 Å². The van der Waals surface area contributed by atoms with Crippen molar-refractivity contribution in [1.29, 1.82) is 0 Å². The minimum Gasteiger partial charge on any atom is -0.454 e. The third-order valence-corrected chi connectivity index (χ3v) is 4.03. The van der Waals surface area contributed by atoms with Crippen LogP contribution in [-0.2, 0) is 23.9 Å². The van der Waals surface area contributed by atoms with Crippen LogP contribution in [0.3, 0.4) is 0 Å². The monoisotopic (exact) mass is 411 g/mol. The van der Waals surface area contributed by atoms with Crippen LogP contribution in [0.2, 0.25) is 0 Å². The van der Waals surface area contributed by atoms with E-state index in [9.17, 15) is 19.2 Å². The normalized spacial score (nSPS) is 16.1. The minimum absolute atomic E-state index is 0.216. The fourth-order valence-corrected chi connectivity index (χ4v) is 2.70. The van der Waals surface area contributed by atoms with E-state index in [1.807, 2.05) is 13.0 Å². The standard InChI is InChI=1S/C16H18BrN3O5/c1-9-6-10(17)2-3-11(9)19-14(22)7-18-15(23)8-25-16(24)12-4-5-13(21)20-12/h2-3,6,12H,4-5,7-8H2,1H3,(H,18,23)(H,19,22)(H,20,21)/t12-/m1/s1. The Labute approximate surface area is 152 Å². The molecule has 0 saturated carbocycles. The van der Waals surface area contributed by atoms with E-state index in [0.717, 1.165) is 10.0 Å². The van der Waals surface area contributed by atoms with Gasteiger partial charge in [-0.2, -0.15) is 0 Å². The molecule has 9 heteroatoms. The molecule has 1 aliphatic heterocycles. The Morgan fingerprint density at radius 3 is 2.72 bits per heavy atom. The number of aryl methyl sites for hydroxylation is 1. The molecule has 1 atom stereocenters. The molecule has 25 heavy (non-hydrogen) atoms. The Morgan fingerprint density at radius 1 is 1.32 bits per heavy atom. The van der Waals surface area contributed by atoms with Crippen molar-refractivity contribution in [2.24, 2.45) is 0 Å². The van der Waals surface area contributed by atoms with E-state index in [-0.39, 0.29) is 18.9 Å². The average Bonchev–Trinajstić information content (AvgIpc) is 3.00. The van der Waals surface area contributed by atoms with Gasteiger partial charge in [0.15, 0.2) is 6.61 Å². The van der Waals surface area contributed by atoms with Crippen LogP contribution in [0.1, 0.15) is 18.4 Å². The molecule has 0 spiro atoms. The number of rotatable bonds is 6. The molecule has 0 aromatic heterocycles. The largest absolute Gasteiger partial charge is 0.454 e. The summed E-state index contributed by atoms with van der Waals surface area (Å²) >= 11 is 3.33. The lowest BCUT2D eigenvalue weighted by atomic mass is 10.2. The van der Waals surface area contributed by atoms with Crippen LogP contribution in [0.5, 0.6) is 0 Å². The molecule has 3 N–H and O–H groups in total. The summed E-state index contributed by atoms with van der Waals surface area (Å²) < 4.78 is 5.72. The molecule has 1 fully saturated rings. The van der Waals surface area contributed by atoms with Gasteiger partial charge < -0.3 is 20.7 Å². The van der Waals surface area contributed by atoms with Crippen LogP contribution in [0.25, 0.3) is 0 Å². The zero-order valence-corrected chi connectivity index (χ0v) is 15.1. The van der Waals surface area contributed by atoms with Crippen molar-refractivity contribution in [3.63, 3.8) is 0 Å². The van der Waals surface area contributed by atoms with Crippen LogP contribution in [0, 0.1) is 6.92 Å². The van der Waals surface area contributed by atoms with Crippen LogP contribution in [-0.4, -0.2) is 42.9 Å². The van der Waals surface area contributed by atoms with Gasteiger partial charge in [0, 0.05) is 16.6 Å². The van der Waals surface area contributed by atoms with Crippen molar-refractivity contribution >= 4 is 45.3 Å². The van der Waals surface area contributed by atoms with Gasteiger partial charge in [0.2, 0.25) is 11.8 Å². The van der Waals surface area contributed by atoms with Gasteiger partial charge in [-0.1, -0.05) is 15.9 Å². The first kappa shape index (κ1) is 18.9. The van der Waals surface area contributed by atoms with Crippen LogP contribution >= 0.6 is 15.9 Å². The molecule has 2 rings (SSSR count). The van der Waals surface area contributed by atoms with Gasteiger partial charge in [0.1, 0.15) is 6.04 Å². The van der Waals surface area contributed by atoms with E-state index in [1.54, 1.807) is 12.1 Å². The molecule has 1 saturated heterocycles. The summed E-state index contributed by atoms with van der Waals surface area (Å²) in [7, 11) is 0. The summed E-state index contributed by atoms with van der Waals surface area (Å²) in [4.78, 5) is 46.1. The van der Waals surface area contributed by atoms with E-state index >= 15 is 0 Å². The molecule has 1 aliphatic rings. The second kappa shape index (κ2) is 8.61. The van der Waals surface area contributed by atoms with Gasteiger partial charge in [-0.05, 0) is 37.1 Å². The number of anilines is 1. The van der Waals surface area contributed by atoms with E-state index in [2.05, 4.69) is 31.9 Å². The van der Waals surface area contributed by atoms with Crippen LogP contribution in [0.15, 0.2) is 22.7 Å². The second-order valence-electron chi connectivity index (χ2n) is 5.55. The third-order valence-electron chi connectivity index (χ3n) is 3.53. The smallest absolute Gasteiger partial charge is 0.329 e. The van der Waals surface area contributed by atoms with Crippen molar-refractivity contribution < 1.29 is 23.9 Å². The van der Waals surface area contributed by atoms with E-state index < -0.39 is 30.4 Å². The highest BCUT2D eigenvalue weighted by Gasteiger charge is 2.28. The molecular weight excluding hydrogens is 394 g/mol. The predicted octanol–water partition coefficient (Wildman–Crippen LogP) is 0.634. The van der Waals surface area contributed by atoms with Gasteiger partial charge in [0.05, 0.1) is 6.54 Å². The highest BCUT2D eigenvalue weighted by molar-refractivity contribution is 9.10. The summed E-state index contributed by atoms with van der Waals surface area (Å²) in [5.41, 5.74) is 1.52. The van der Waals surface area contributed by atoms with E-state index in [1.165, 1.54) is 0 Å². The molecule has 0 unspecified atom stereocenters. The Bertz CT molecular complexity index is 707. The maximum Gasteiger partial charge on any atom is 0.329 e. The number of nitrogens with one attached hydrogen (secondary N) is 3. The number of hydrogen-bond acceptors (Lipinski definition) is 5. The fourth-order valence-electron chi connectivity index (χ4n) is 2.22. The summed E-state index contributed by atoms with van der Waals surface area (Å²) in [6.07, 6.45) is 0.621. The molecule has 0 radical (unpaired) electrons. The number of hydrogen-bond donors (Lipinski definition) is 3. The first-order chi connectivity index (χ1) is 11.8. The summed E-state index contributed by atoms with van der Waals surface area (Å²) in [5, 5.41) is 7.49.